The molecule has 0 spiro atoms. The number of carbonyl (C=O) groups is 2. The van der Waals surface area contributed by atoms with E-state index in [1.54, 1.807) is 7.11 Å². The fourth-order valence-corrected chi connectivity index (χ4v) is 4.13. The first-order valence-electron chi connectivity index (χ1n) is 13.2. The van der Waals surface area contributed by atoms with Gasteiger partial charge in [-0.3, -0.25) is 4.99 Å². The molecule has 2 atom stereocenters. The van der Waals surface area contributed by atoms with Crippen LogP contribution in [0, 0.1) is 0 Å². The van der Waals surface area contributed by atoms with Crippen LogP contribution in [-0.2, 0) is 25.6 Å². The van der Waals surface area contributed by atoms with Gasteiger partial charge >= 0.3 is 12.1 Å². The van der Waals surface area contributed by atoms with Gasteiger partial charge in [0.25, 0.3) is 0 Å². The van der Waals surface area contributed by atoms with Crippen LogP contribution in [0.3, 0.4) is 0 Å². The van der Waals surface area contributed by atoms with Crippen LogP contribution in [0.5, 0.6) is 0 Å². The number of amides is 1. The number of benzene rings is 1. The van der Waals surface area contributed by atoms with E-state index in [0.29, 0.717) is 12.8 Å². The van der Waals surface area contributed by atoms with Gasteiger partial charge in [-0.15, -0.1) is 0 Å². The molecule has 0 saturated heterocycles. The summed E-state index contributed by atoms with van der Waals surface area (Å²) in [7, 11) is 3.02. The van der Waals surface area contributed by atoms with Crippen molar-refractivity contribution < 1.29 is 23.8 Å². The van der Waals surface area contributed by atoms with Crippen molar-refractivity contribution in [3.63, 3.8) is 0 Å². The van der Waals surface area contributed by atoms with Crippen molar-refractivity contribution in [1.82, 2.24) is 10.6 Å². The smallest absolute Gasteiger partial charge is 0.408 e. The summed E-state index contributed by atoms with van der Waals surface area (Å²) in [6.07, 6.45) is 9.62. The quantitative estimate of drug-likeness (QED) is 0.265. The molecule has 0 fully saturated rings. The topological polar surface area (TPSA) is 98.2 Å². The van der Waals surface area contributed by atoms with E-state index in [1.165, 1.54) is 18.3 Å². The number of allylic oxidation sites excluding steroid dienone is 2. The zero-order valence-electron chi connectivity index (χ0n) is 22.8. The van der Waals surface area contributed by atoms with Gasteiger partial charge in [0.1, 0.15) is 18.5 Å². The summed E-state index contributed by atoms with van der Waals surface area (Å²) in [5, 5.41) is 6.15. The molecule has 8 nitrogen and oxygen atoms in total. The molecule has 1 amide bonds. The third-order valence-corrected chi connectivity index (χ3v) is 6.20. The minimum absolute atomic E-state index is 0.0799. The second kappa shape index (κ2) is 17.3. The number of nitrogens with zero attached hydrogens (tertiary/aromatic N) is 1. The maximum atomic E-state index is 12.3. The van der Waals surface area contributed by atoms with Crippen molar-refractivity contribution in [1.29, 1.82) is 0 Å². The van der Waals surface area contributed by atoms with Crippen molar-refractivity contribution in [2.24, 2.45) is 4.99 Å². The summed E-state index contributed by atoms with van der Waals surface area (Å²) in [5.41, 5.74) is 3.41. The number of rotatable bonds is 14. The Hall–Kier alpha value is -3.13. The van der Waals surface area contributed by atoms with Gasteiger partial charge in [-0.25, -0.2) is 9.59 Å². The van der Waals surface area contributed by atoms with Crippen LogP contribution in [0.2, 0.25) is 0 Å². The Labute approximate surface area is 221 Å². The Morgan fingerprint density at radius 3 is 2.68 bits per heavy atom. The van der Waals surface area contributed by atoms with Crippen LogP contribution in [0.1, 0.15) is 64.4 Å². The highest BCUT2D eigenvalue weighted by molar-refractivity contribution is 5.98. The highest BCUT2D eigenvalue weighted by Gasteiger charge is 2.22. The van der Waals surface area contributed by atoms with E-state index < -0.39 is 18.1 Å². The SMILES string of the molecule is CC/C=C1/CCCN=C1NCC/C(=C/CC[C@H](NC(=O)OCc1ccccc1)C(=O)OC)C[C@@H](C)OC. The summed E-state index contributed by atoms with van der Waals surface area (Å²) in [4.78, 5) is 29.3. The molecule has 1 aromatic rings. The molecule has 1 heterocycles. The second-order valence-corrected chi connectivity index (χ2v) is 9.12. The Morgan fingerprint density at radius 2 is 1.97 bits per heavy atom. The molecule has 1 aromatic carbocycles. The Balaban J connectivity index is 1.92. The number of nitrogens with one attached hydrogen (secondary N) is 2. The van der Waals surface area contributed by atoms with Crippen LogP contribution in [0.25, 0.3) is 0 Å². The van der Waals surface area contributed by atoms with E-state index in [9.17, 15) is 9.59 Å². The van der Waals surface area contributed by atoms with Crippen LogP contribution in [0.4, 0.5) is 4.79 Å². The van der Waals surface area contributed by atoms with E-state index in [0.717, 1.165) is 56.6 Å². The van der Waals surface area contributed by atoms with Crippen LogP contribution in [-0.4, -0.2) is 57.4 Å². The van der Waals surface area contributed by atoms with E-state index in [-0.39, 0.29) is 12.7 Å². The number of ether oxygens (including phenoxy) is 3. The Morgan fingerprint density at radius 1 is 1.19 bits per heavy atom. The van der Waals surface area contributed by atoms with Crippen molar-refractivity contribution in [3.8, 4) is 0 Å². The Bertz CT molecular complexity index is 927. The average molecular weight is 514 g/mol. The molecule has 8 heteroatoms. The molecule has 37 heavy (non-hydrogen) atoms. The van der Waals surface area contributed by atoms with Gasteiger partial charge in [-0.2, -0.15) is 0 Å². The van der Waals surface area contributed by atoms with Gasteiger partial charge in [-0.1, -0.05) is 55.0 Å². The Kier molecular flexibility index (Phi) is 14.1. The average Bonchev–Trinajstić information content (AvgIpc) is 2.92. The molecule has 0 unspecified atom stereocenters. The number of methoxy groups -OCH3 is 2. The highest BCUT2D eigenvalue weighted by Crippen LogP contribution is 2.16. The molecular formula is C29H43N3O5. The summed E-state index contributed by atoms with van der Waals surface area (Å²) in [6.45, 7) is 5.95. The largest absolute Gasteiger partial charge is 0.467 e. The number of alkyl carbamates (subject to hydrolysis) is 1. The van der Waals surface area contributed by atoms with Crippen LogP contribution < -0.4 is 10.6 Å². The summed E-state index contributed by atoms with van der Waals surface area (Å²) < 4.78 is 15.7. The number of amidine groups is 1. The van der Waals surface area contributed by atoms with Gasteiger partial charge in [0.05, 0.1) is 13.2 Å². The number of aliphatic imine (C=N–C) groups is 1. The number of hydrogen-bond donors (Lipinski definition) is 2. The lowest BCUT2D eigenvalue weighted by molar-refractivity contribution is -0.143. The number of carbonyl (C=O) groups excluding carboxylic acids is 2. The fraction of sp³-hybridized carbons (Fsp3) is 0.552. The summed E-state index contributed by atoms with van der Waals surface area (Å²) in [6, 6.07) is 8.60. The van der Waals surface area contributed by atoms with Gasteiger partial charge < -0.3 is 24.8 Å². The third-order valence-electron chi connectivity index (χ3n) is 6.20. The molecule has 2 N–H and O–H groups in total. The normalized spacial score (nSPS) is 16.5. The maximum absolute atomic E-state index is 12.3. The molecule has 1 aliphatic heterocycles. The third kappa shape index (κ3) is 11.6. The molecule has 0 bridgehead atoms. The molecule has 0 saturated carbocycles. The molecule has 1 aliphatic rings. The zero-order valence-corrected chi connectivity index (χ0v) is 22.8. The highest BCUT2D eigenvalue weighted by atomic mass is 16.6. The first-order valence-corrected chi connectivity index (χ1v) is 13.2. The molecule has 0 radical (unpaired) electrons. The van der Waals surface area contributed by atoms with Crippen molar-refractivity contribution >= 4 is 17.9 Å². The minimum atomic E-state index is -0.790. The van der Waals surface area contributed by atoms with Gasteiger partial charge in [0.2, 0.25) is 0 Å². The monoisotopic (exact) mass is 513 g/mol. The van der Waals surface area contributed by atoms with Crippen molar-refractivity contribution in [2.45, 2.75) is 77.5 Å². The lowest BCUT2D eigenvalue weighted by atomic mass is 10.0. The number of esters is 1. The predicted octanol–water partition coefficient (Wildman–Crippen LogP) is 5.09. The molecule has 2 rings (SSSR count). The van der Waals surface area contributed by atoms with Gasteiger partial charge in [-0.05, 0) is 63.0 Å². The van der Waals surface area contributed by atoms with Gasteiger partial charge in [0, 0.05) is 20.2 Å². The zero-order chi connectivity index (χ0) is 26.9. The summed E-state index contributed by atoms with van der Waals surface area (Å²) in [5.74, 6) is 0.514. The van der Waals surface area contributed by atoms with E-state index >= 15 is 0 Å². The van der Waals surface area contributed by atoms with Gasteiger partial charge in [0.15, 0.2) is 0 Å². The predicted molar refractivity (Wildman–Crippen MR) is 147 cm³/mol. The summed E-state index contributed by atoms with van der Waals surface area (Å²) >= 11 is 0. The lowest BCUT2D eigenvalue weighted by Crippen LogP contribution is -2.41. The van der Waals surface area contributed by atoms with Crippen molar-refractivity contribution in [2.75, 3.05) is 27.3 Å². The van der Waals surface area contributed by atoms with E-state index in [4.69, 9.17) is 14.2 Å². The molecular weight excluding hydrogens is 470 g/mol. The number of hydrogen-bond acceptors (Lipinski definition) is 7. The second-order valence-electron chi connectivity index (χ2n) is 9.12. The first-order chi connectivity index (χ1) is 18.0. The minimum Gasteiger partial charge on any atom is -0.467 e. The first kappa shape index (κ1) is 30.1. The van der Waals surface area contributed by atoms with E-state index in [1.807, 2.05) is 37.3 Å². The van der Waals surface area contributed by atoms with E-state index in [2.05, 4.69) is 34.7 Å². The fourth-order valence-electron chi connectivity index (χ4n) is 4.13. The molecule has 0 aromatic heterocycles. The molecule has 0 aliphatic carbocycles. The van der Waals surface area contributed by atoms with Crippen LogP contribution in [0.15, 0.2) is 58.6 Å². The lowest BCUT2D eigenvalue weighted by Gasteiger charge is -2.19. The van der Waals surface area contributed by atoms with Crippen LogP contribution >= 0.6 is 0 Å². The maximum Gasteiger partial charge on any atom is 0.408 e. The standard InChI is InChI=1S/C29H43N3O5/c1-5-11-25-15-10-18-30-27(25)31-19-17-23(20-22(2)35-3)14-9-16-26(28(33)36-4)32-29(34)37-21-24-12-7-6-8-13-24/h6-8,11-14,22,26H,5,9-10,15-21H2,1-4H3,(H,30,31)(H,32,34)/b23-14-,25-11-/t22-,26+/m1/s1. The van der Waals surface area contributed by atoms with Crippen molar-refractivity contribution in [3.05, 3.63) is 59.2 Å². The molecule has 204 valence electrons.